The molecule has 39 heavy (non-hydrogen) atoms. The van der Waals surface area contributed by atoms with Crippen molar-refractivity contribution in [3.8, 4) is 16.9 Å². The largest absolute Gasteiger partial charge is 0.354 e. The number of tetrazole rings is 1. The van der Waals surface area contributed by atoms with Gasteiger partial charge in [-0.2, -0.15) is 4.68 Å². The number of aromatic nitrogens is 7. The van der Waals surface area contributed by atoms with Gasteiger partial charge in [0.2, 0.25) is 5.91 Å². The highest BCUT2D eigenvalue weighted by molar-refractivity contribution is 6.31. The zero-order chi connectivity index (χ0) is 26.7. The van der Waals surface area contributed by atoms with Crippen molar-refractivity contribution >= 4 is 28.9 Å². The number of hydrogen-bond acceptors (Lipinski definition) is 7. The number of carbonyl (C=O) groups excluding carboxylic acids is 1. The van der Waals surface area contributed by atoms with Crippen LogP contribution >= 0.6 is 11.6 Å². The van der Waals surface area contributed by atoms with Gasteiger partial charge in [0, 0.05) is 42.5 Å². The first-order chi connectivity index (χ1) is 19.0. The van der Waals surface area contributed by atoms with Gasteiger partial charge in [0.25, 0.3) is 0 Å². The van der Waals surface area contributed by atoms with Crippen LogP contribution in [0.4, 0.5) is 14.6 Å². The number of pyridine rings is 1. The summed E-state index contributed by atoms with van der Waals surface area (Å²) in [5.41, 5.74) is 2.06. The summed E-state index contributed by atoms with van der Waals surface area (Å²) in [5.74, 6) is -0.338. The Morgan fingerprint density at radius 3 is 2.72 bits per heavy atom. The van der Waals surface area contributed by atoms with E-state index < -0.39 is 5.82 Å². The van der Waals surface area contributed by atoms with Crippen LogP contribution in [0.15, 0.2) is 43.0 Å². The number of imidazole rings is 1. The molecule has 1 N–H and O–H groups in total. The van der Waals surface area contributed by atoms with Gasteiger partial charge in [0.15, 0.2) is 17.5 Å². The maximum Gasteiger partial charge on any atom is 0.247 e. The van der Waals surface area contributed by atoms with E-state index in [9.17, 15) is 4.79 Å². The molecule has 3 aromatic heterocycles. The molecular formula is C26H22ClF2N9O. The highest BCUT2D eigenvalue weighted by atomic mass is 35.5. The third kappa shape index (κ3) is 3.89. The number of carbonyl (C=O) groups is 1. The third-order valence-corrected chi connectivity index (χ3v) is 8.02. The minimum atomic E-state index is -0.626. The molecule has 6 heterocycles. The Morgan fingerprint density at radius 2 is 1.95 bits per heavy atom. The van der Waals surface area contributed by atoms with Gasteiger partial charge in [-0.25, -0.2) is 18.7 Å². The van der Waals surface area contributed by atoms with E-state index in [0.29, 0.717) is 53.4 Å². The zero-order valence-corrected chi connectivity index (χ0v) is 21.3. The van der Waals surface area contributed by atoms with E-state index in [1.165, 1.54) is 23.2 Å². The van der Waals surface area contributed by atoms with Gasteiger partial charge in [-0.15, -0.1) is 5.10 Å². The van der Waals surface area contributed by atoms with Crippen LogP contribution in [0.3, 0.4) is 0 Å². The minimum Gasteiger partial charge on any atom is -0.354 e. The molecule has 0 unspecified atom stereocenters. The van der Waals surface area contributed by atoms with Gasteiger partial charge in [-0.05, 0) is 59.9 Å². The number of H-pyrrole nitrogens is 1. The van der Waals surface area contributed by atoms with Gasteiger partial charge in [0.1, 0.15) is 12.2 Å². The van der Waals surface area contributed by atoms with Gasteiger partial charge in [-0.3, -0.25) is 4.79 Å². The van der Waals surface area contributed by atoms with Crippen LogP contribution in [-0.4, -0.2) is 65.1 Å². The number of fused-ring (bicyclic) bond motifs is 1. The molecule has 2 atom stereocenters. The number of amides is 1. The molecule has 0 spiro atoms. The van der Waals surface area contributed by atoms with Crippen molar-refractivity contribution in [2.75, 3.05) is 18.0 Å². The number of hydrogen-bond donors (Lipinski definition) is 1. The number of nitrogens with zero attached hydrogens (tertiary/aromatic N) is 8. The van der Waals surface area contributed by atoms with Crippen molar-refractivity contribution in [1.82, 2.24) is 40.1 Å². The maximum absolute atomic E-state index is 15.3. The summed E-state index contributed by atoms with van der Waals surface area (Å²) in [6.07, 6.45) is 8.82. The Bertz CT molecular complexity index is 1620. The van der Waals surface area contributed by atoms with E-state index in [0.717, 1.165) is 19.5 Å². The van der Waals surface area contributed by atoms with Crippen molar-refractivity contribution in [2.24, 2.45) is 0 Å². The average molecular weight is 550 g/mol. The fourth-order valence-corrected chi connectivity index (χ4v) is 5.89. The summed E-state index contributed by atoms with van der Waals surface area (Å²) < 4.78 is 31.9. The van der Waals surface area contributed by atoms with Crippen molar-refractivity contribution in [1.29, 1.82) is 0 Å². The standard InChI is InChI=1S/C26H22ClF2N9O/c27-17-3-5-19(37-13-32-34-35-37)22(24(17)29)14-10-15-2-4-20(38(15)21(39)11-14)25-31-12-18(33-25)16-6-7-30-26(23(16)28)36-8-1-9-36/h3,5-7,11-13,15,20H,1-2,4,8-10H2,(H,31,33)/t15-,20-/m1/s1. The molecule has 0 bridgehead atoms. The van der Waals surface area contributed by atoms with Crippen molar-refractivity contribution in [2.45, 2.75) is 37.8 Å². The lowest BCUT2D eigenvalue weighted by atomic mass is 9.92. The van der Waals surface area contributed by atoms with Crippen LogP contribution in [-0.2, 0) is 4.79 Å². The molecule has 2 fully saturated rings. The van der Waals surface area contributed by atoms with Gasteiger partial charge >= 0.3 is 0 Å². The maximum atomic E-state index is 15.3. The van der Waals surface area contributed by atoms with E-state index in [1.54, 1.807) is 29.4 Å². The van der Waals surface area contributed by atoms with E-state index in [-0.39, 0.29) is 34.4 Å². The molecule has 10 nitrogen and oxygen atoms in total. The lowest BCUT2D eigenvalue weighted by Crippen LogP contribution is -2.39. The van der Waals surface area contributed by atoms with E-state index >= 15 is 8.78 Å². The molecular weight excluding hydrogens is 528 g/mol. The van der Waals surface area contributed by atoms with E-state index in [4.69, 9.17) is 11.6 Å². The lowest BCUT2D eigenvalue weighted by molar-refractivity contribution is -0.129. The van der Waals surface area contributed by atoms with Crippen LogP contribution in [0.2, 0.25) is 5.02 Å². The summed E-state index contributed by atoms with van der Waals surface area (Å²) in [6.45, 7) is 1.57. The number of halogens is 3. The van der Waals surface area contributed by atoms with Crippen LogP contribution in [0.25, 0.3) is 22.5 Å². The molecule has 7 rings (SSSR count). The third-order valence-electron chi connectivity index (χ3n) is 7.73. The van der Waals surface area contributed by atoms with Crippen LogP contribution in [0, 0.1) is 11.6 Å². The molecule has 4 aromatic rings. The first kappa shape index (κ1) is 23.9. The molecule has 3 aliphatic rings. The Kier molecular flexibility index (Phi) is 5.65. The monoisotopic (exact) mass is 549 g/mol. The fourth-order valence-electron chi connectivity index (χ4n) is 5.74. The number of benzene rings is 1. The summed E-state index contributed by atoms with van der Waals surface area (Å²) in [6, 6.07) is 4.22. The fraction of sp³-hybridized carbons (Fsp3) is 0.308. The van der Waals surface area contributed by atoms with Crippen molar-refractivity contribution in [3.05, 3.63) is 71.0 Å². The molecule has 3 aliphatic heterocycles. The highest BCUT2D eigenvalue weighted by Crippen LogP contribution is 2.44. The topological polar surface area (TPSA) is 109 Å². The number of nitrogens with one attached hydrogen (secondary N) is 1. The normalized spacial score (nSPS) is 20.7. The summed E-state index contributed by atoms with van der Waals surface area (Å²) in [4.78, 5) is 29.1. The summed E-state index contributed by atoms with van der Waals surface area (Å²) in [7, 11) is 0. The Hall–Kier alpha value is -4.19. The van der Waals surface area contributed by atoms with Crippen molar-refractivity contribution < 1.29 is 13.6 Å². The van der Waals surface area contributed by atoms with Crippen LogP contribution in [0.5, 0.6) is 0 Å². The zero-order valence-electron chi connectivity index (χ0n) is 20.6. The van der Waals surface area contributed by atoms with E-state index in [2.05, 4.69) is 30.5 Å². The van der Waals surface area contributed by atoms with Gasteiger partial charge in [-0.1, -0.05) is 11.6 Å². The smallest absolute Gasteiger partial charge is 0.247 e. The first-order valence-electron chi connectivity index (χ1n) is 12.7. The number of rotatable bonds is 5. The van der Waals surface area contributed by atoms with Crippen molar-refractivity contribution in [3.63, 3.8) is 0 Å². The second-order valence-electron chi connectivity index (χ2n) is 9.89. The lowest BCUT2D eigenvalue weighted by Gasteiger charge is -2.33. The Balaban J connectivity index is 1.19. The van der Waals surface area contributed by atoms with Gasteiger partial charge < -0.3 is 14.8 Å². The SMILES string of the molecule is O=C1C=C(c2c(-n3cnnn3)ccc(Cl)c2F)C[C@H]2CC[C@H](c3ncc(-c4ccnc(N5CCC5)c4F)[nH]3)N12. The van der Waals surface area contributed by atoms with Crippen LogP contribution < -0.4 is 4.90 Å². The second-order valence-corrected chi connectivity index (χ2v) is 10.3. The Morgan fingerprint density at radius 1 is 1.08 bits per heavy atom. The average Bonchev–Trinajstić information content (AvgIpc) is 3.66. The first-order valence-corrected chi connectivity index (χ1v) is 13.1. The number of aromatic amines is 1. The molecule has 13 heteroatoms. The second kappa shape index (κ2) is 9.23. The summed E-state index contributed by atoms with van der Waals surface area (Å²) >= 11 is 6.12. The molecule has 2 saturated heterocycles. The highest BCUT2D eigenvalue weighted by Gasteiger charge is 2.42. The molecule has 1 aromatic carbocycles. The van der Waals surface area contributed by atoms with Crippen LogP contribution in [0.1, 0.15) is 43.1 Å². The molecule has 198 valence electrons. The van der Waals surface area contributed by atoms with Gasteiger partial charge in [0.05, 0.1) is 28.6 Å². The number of anilines is 1. The molecule has 0 aliphatic carbocycles. The molecule has 1 amide bonds. The van der Waals surface area contributed by atoms with E-state index in [1.807, 2.05) is 4.90 Å². The summed E-state index contributed by atoms with van der Waals surface area (Å²) in [5, 5.41) is 11.1. The molecule has 0 saturated carbocycles. The predicted molar refractivity (Wildman–Crippen MR) is 138 cm³/mol. The minimum absolute atomic E-state index is 0.0503. The quantitative estimate of drug-likeness (QED) is 0.399. The predicted octanol–water partition coefficient (Wildman–Crippen LogP) is 4.11. The molecule has 0 radical (unpaired) electrons. The Labute approximate surface area is 226 Å².